The maximum Gasteiger partial charge on any atom is 0.322 e. The molecule has 1 aromatic heterocycles. The van der Waals surface area contributed by atoms with Gasteiger partial charge in [0, 0.05) is 5.25 Å². The van der Waals surface area contributed by atoms with Gasteiger partial charge in [-0.05, 0) is 19.8 Å². The summed E-state index contributed by atoms with van der Waals surface area (Å²) in [7, 11) is 0. The maximum absolute atomic E-state index is 11.1. The monoisotopic (exact) mass is 283 g/mol. The van der Waals surface area contributed by atoms with Crippen LogP contribution in [0.15, 0.2) is 5.03 Å². The number of nitrogens with two attached hydrogens (primary N) is 1. The highest BCUT2D eigenvalue weighted by molar-refractivity contribution is 8.00. The van der Waals surface area contributed by atoms with Crippen LogP contribution < -0.4 is 11.3 Å². The smallest absolute Gasteiger partial charge is 0.292 e. The fraction of sp³-hybridized carbons (Fsp3) is 0.636. The lowest BCUT2D eigenvalue weighted by molar-refractivity contribution is -0.389. The van der Waals surface area contributed by atoms with E-state index in [1.54, 1.807) is 6.92 Å². The lowest BCUT2D eigenvalue weighted by Gasteiger charge is -2.20. The molecule has 1 aliphatic carbocycles. The van der Waals surface area contributed by atoms with Crippen molar-refractivity contribution in [2.75, 3.05) is 5.43 Å². The second-order valence-electron chi connectivity index (χ2n) is 4.57. The van der Waals surface area contributed by atoms with Crippen LogP contribution in [0.3, 0.4) is 0 Å². The first kappa shape index (κ1) is 14.0. The van der Waals surface area contributed by atoms with Crippen LogP contribution in [0.2, 0.25) is 0 Å². The molecule has 1 aromatic rings. The van der Waals surface area contributed by atoms with Crippen LogP contribution in [-0.4, -0.2) is 20.1 Å². The van der Waals surface area contributed by atoms with Gasteiger partial charge in [-0.1, -0.05) is 31.0 Å². The summed E-state index contributed by atoms with van der Waals surface area (Å²) in [6.07, 6.45) is 5.76. The second-order valence-corrected chi connectivity index (χ2v) is 5.85. The molecule has 0 aliphatic heterocycles. The van der Waals surface area contributed by atoms with E-state index in [-0.39, 0.29) is 11.6 Å². The second kappa shape index (κ2) is 6.16. The number of nitrogen functional groups attached to an aromatic ring is 1. The van der Waals surface area contributed by atoms with Gasteiger partial charge in [0.25, 0.3) is 0 Å². The van der Waals surface area contributed by atoms with E-state index in [1.807, 2.05) is 0 Å². The van der Waals surface area contributed by atoms with Gasteiger partial charge in [-0.15, -0.1) is 0 Å². The van der Waals surface area contributed by atoms with Crippen LogP contribution in [0.5, 0.6) is 0 Å². The van der Waals surface area contributed by atoms with Gasteiger partial charge in [-0.3, -0.25) is 15.5 Å². The van der Waals surface area contributed by atoms with E-state index in [4.69, 9.17) is 5.84 Å². The van der Waals surface area contributed by atoms with Crippen molar-refractivity contribution in [1.29, 1.82) is 0 Å². The van der Waals surface area contributed by atoms with Crippen molar-refractivity contribution in [2.24, 2.45) is 5.84 Å². The number of aryl methyl sites for hydroxylation is 1. The van der Waals surface area contributed by atoms with Gasteiger partial charge in [0.05, 0.1) is 4.92 Å². The quantitative estimate of drug-likeness (QED) is 0.378. The largest absolute Gasteiger partial charge is 0.322 e. The van der Waals surface area contributed by atoms with Gasteiger partial charge in [-0.25, -0.2) is 10.8 Å². The first-order valence-corrected chi connectivity index (χ1v) is 7.16. The Bertz CT molecular complexity index is 476. The molecule has 0 aromatic carbocycles. The molecule has 0 amide bonds. The zero-order valence-corrected chi connectivity index (χ0v) is 11.6. The molecule has 1 saturated carbocycles. The highest BCUT2D eigenvalue weighted by Gasteiger charge is 2.25. The van der Waals surface area contributed by atoms with Crippen LogP contribution in [0, 0.1) is 17.0 Å². The summed E-state index contributed by atoms with van der Waals surface area (Å²) < 4.78 is 0. The molecule has 0 radical (unpaired) electrons. The number of thioether (sulfide) groups is 1. The van der Waals surface area contributed by atoms with E-state index < -0.39 is 4.92 Å². The molecule has 0 unspecified atom stereocenters. The van der Waals surface area contributed by atoms with Gasteiger partial charge in [0.15, 0.2) is 5.03 Å². The summed E-state index contributed by atoms with van der Waals surface area (Å²) in [5.74, 6) is 5.52. The number of nitrogens with one attached hydrogen (secondary N) is 1. The predicted molar refractivity (Wildman–Crippen MR) is 74.0 cm³/mol. The van der Waals surface area contributed by atoms with Crippen LogP contribution in [0.4, 0.5) is 11.6 Å². The van der Waals surface area contributed by atoms with E-state index in [9.17, 15) is 10.1 Å². The van der Waals surface area contributed by atoms with Crippen molar-refractivity contribution in [1.82, 2.24) is 9.97 Å². The van der Waals surface area contributed by atoms with Crippen LogP contribution in [0.1, 0.15) is 37.8 Å². The average Bonchev–Trinajstić information content (AvgIpc) is 2.38. The van der Waals surface area contributed by atoms with Gasteiger partial charge < -0.3 is 0 Å². The van der Waals surface area contributed by atoms with E-state index in [0.29, 0.717) is 16.0 Å². The molecular weight excluding hydrogens is 266 g/mol. The third-order valence-electron chi connectivity index (χ3n) is 3.17. The Morgan fingerprint density at radius 3 is 2.63 bits per heavy atom. The summed E-state index contributed by atoms with van der Waals surface area (Å²) in [6, 6.07) is 0. The van der Waals surface area contributed by atoms with Gasteiger partial charge in [-0.2, -0.15) is 4.98 Å². The van der Waals surface area contributed by atoms with Crippen molar-refractivity contribution >= 4 is 23.4 Å². The number of rotatable bonds is 4. The molecule has 0 bridgehead atoms. The zero-order chi connectivity index (χ0) is 13.8. The van der Waals surface area contributed by atoms with Gasteiger partial charge in [0.2, 0.25) is 5.95 Å². The molecule has 7 nitrogen and oxygen atoms in total. The van der Waals surface area contributed by atoms with Crippen LogP contribution in [-0.2, 0) is 0 Å². The highest BCUT2D eigenvalue weighted by Crippen LogP contribution is 2.38. The summed E-state index contributed by atoms with van der Waals surface area (Å²) in [6.45, 7) is 1.60. The number of nitrogens with zero attached hydrogens (tertiary/aromatic N) is 3. The lowest BCUT2D eigenvalue weighted by Crippen LogP contribution is -2.14. The van der Waals surface area contributed by atoms with Crippen molar-refractivity contribution in [3.63, 3.8) is 0 Å². The molecule has 0 atom stereocenters. The molecule has 0 saturated heterocycles. The van der Waals surface area contributed by atoms with Crippen LogP contribution in [0.25, 0.3) is 0 Å². The molecule has 19 heavy (non-hydrogen) atoms. The summed E-state index contributed by atoms with van der Waals surface area (Å²) in [4.78, 5) is 18.8. The number of aromatic nitrogens is 2. The zero-order valence-electron chi connectivity index (χ0n) is 10.8. The van der Waals surface area contributed by atoms with Crippen molar-refractivity contribution in [2.45, 2.75) is 49.3 Å². The average molecular weight is 283 g/mol. The van der Waals surface area contributed by atoms with E-state index in [2.05, 4.69) is 15.4 Å². The third kappa shape index (κ3) is 3.32. The first-order chi connectivity index (χ1) is 9.11. The number of hydrazine groups is 1. The molecule has 1 fully saturated rings. The summed E-state index contributed by atoms with van der Waals surface area (Å²) >= 11 is 1.47. The molecule has 2 rings (SSSR count). The first-order valence-electron chi connectivity index (χ1n) is 6.28. The molecule has 104 valence electrons. The SMILES string of the molecule is Cc1nc(NN)nc(SC2CCCCC2)c1[N+](=O)[O-]. The van der Waals surface area contributed by atoms with E-state index in [0.717, 1.165) is 12.8 Å². The highest BCUT2D eigenvalue weighted by atomic mass is 32.2. The Hall–Kier alpha value is -1.41. The summed E-state index contributed by atoms with van der Waals surface area (Å²) in [5, 5.41) is 12.0. The Kier molecular flexibility index (Phi) is 4.54. The lowest BCUT2D eigenvalue weighted by atomic mass is 10.0. The van der Waals surface area contributed by atoms with Crippen LogP contribution >= 0.6 is 11.8 Å². The topological polar surface area (TPSA) is 107 Å². The standard InChI is InChI=1S/C11H17N5O2S/c1-7-9(16(17)18)10(14-11(13-7)15-12)19-8-5-3-2-4-6-8/h8H,2-6,12H2,1H3,(H,13,14,15). The fourth-order valence-electron chi connectivity index (χ4n) is 2.24. The molecule has 3 N–H and O–H groups in total. The maximum atomic E-state index is 11.1. The Morgan fingerprint density at radius 1 is 1.37 bits per heavy atom. The molecule has 0 spiro atoms. The number of hydrogen-bond donors (Lipinski definition) is 2. The number of nitro groups is 1. The summed E-state index contributed by atoms with van der Waals surface area (Å²) in [5.41, 5.74) is 2.69. The van der Waals surface area contributed by atoms with Gasteiger partial charge in [0.1, 0.15) is 5.69 Å². The van der Waals surface area contributed by atoms with Crippen molar-refractivity contribution in [3.8, 4) is 0 Å². The minimum Gasteiger partial charge on any atom is -0.292 e. The van der Waals surface area contributed by atoms with E-state index in [1.165, 1.54) is 31.0 Å². The molecule has 1 heterocycles. The van der Waals surface area contributed by atoms with E-state index >= 15 is 0 Å². The molecule has 8 heteroatoms. The molecule has 1 aliphatic rings. The third-order valence-corrected chi connectivity index (χ3v) is 4.48. The van der Waals surface area contributed by atoms with Gasteiger partial charge >= 0.3 is 5.69 Å². The predicted octanol–water partition coefficient (Wildman–Crippen LogP) is 2.40. The minimum absolute atomic E-state index is 0.00502. The Labute approximate surface area is 115 Å². The normalized spacial score (nSPS) is 16.3. The Morgan fingerprint density at radius 2 is 2.05 bits per heavy atom. The number of anilines is 1. The number of hydrogen-bond acceptors (Lipinski definition) is 7. The van der Waals surface area contributed by atoms with Crippen molar-refractivity contribution in [3.05, 3.63) is 15.8 Å². The minimum atomic E-state index is -0.416. The fourth-order valence-corrected chi connectivity index (χ4v) is 3.60. The Balaban J connectivity index is 2.29. The van der Waals surface area contributed by atoms with Crippen molar-refractivity contribution < 1.29 is 4.92 Å². The molecular formula is C11H17N5O2S.